The summed E-state index contributed by atoms with van der Waals surface area (Å²) in [6.07, 6.45) is -1.82. The predicted octanol–water partition coefficient (Wildman–Crippen LogP) is 5.29. The van der Waals surface area contributed by atoms with E-state index in [0.717, 1.165) is 23.7 Å². The number of ketones is 1. The molecule has 3 aromatic carbocycles. The zero-order chi connectivity index (χ0) is 29.4. The summed E-state index contributed by atoms with van der Waals surface area (Å²) in [5.41, 5.74) is 5.95. The van der Waals surface area contributed by atoms with Crippen LogP contribution in [0.1, 0.15) is 21.9 Å². The molecule has 4 rings (SSSR count). The zero-order valence-electron chi connectivity index (χ0n) is 21.1. The number of sulfone groups is 1. The number of rotatable bonds is 7. The number of halogens is 4. The molecule has 13 heteroatoms. The van der Waals surface area contributed by atoms with Crippen molar-refractivity contribution >= 4 is 32.9 Å². The fourth-order valence-corrected chi connectivity index (χ4v) is 4.80. The first-order valence-corrected chi connectivity index (χ1v) is 13.8. The van der Waals surface area contributed by atoms with E-state index in [9.17, 15) is 26.4 Å². The Balaban J connectivity index is 1.90. The average molecular weight is 590 g/mol. The van der Waals surface area contributed by atoms with Crippen LogP contribution in [0.15, 0.2) is 89.7 Å². The van der Waals surface area contributed by atoms with Crippen molar-refractivity contribution in [2.24, 2.45) is 11.6 Å². The molecule has 0 aliphatic carbocycles. The van der Waals surface area contributed by atoms with E-state index < -0.39 is 27.5 Å². The number of hydrazine groups is 1. The van der Waals surface area contributed by atoms with Gasteiger partial charge in [-0.2, -0.15) is 13.2 Å². The van der Waals surface area contributed by atoms with Gasteiger partial charge in [-0.3, -0.25) is 9.80 Å². The maximum Gasteiger partial charge on any atom is 0.434 e. The molecular weight excluding hydrogens is 567 g/mol. The van der Waals surface area contributed by atoms with Gasteiger partial charge in [0, 0.05) is 29.2 Å². The lowest BCUT2D eigenvalue weighted by molar-refractivity contribution is -0.141. The number of nitrogens with two attached hydrogens (primary N) is 2. The molecule has 0 atom stereocenters. The van der Waals surface area contributed by atoms with Gasteiger partial charge in [-0.15, -0.1) is 0 Å². The molecule has 1 aromatic heterocycles. The van der Waals surface area contributed by atoms with Gasteiger partial charge < -0.3 is 10.3 Å². The lowest BCUT2D eigenvalue weighted by Gasteiger charge is -2.25. The minimum Gasteiger partial charge on any atom is -0.403 e. The number of aryl methyl sites for hydroxylation is 1. The molecule has 4 aromatic rings. The van der Waals surface area contributed by atoms with E-state index in [-0.39, 0.29) is 33.4 Å². The summed E-state index contributed by atoms with van der Waals surface area (Å²) in [5.74, 6) is 5.87. The summed E-state index contributed by atoms with van der Waals surface area (Å²) in [7, 11) is -3.52. The van der Waals surface area contributed by atoms with E-state index in [1.165, 1.54) is 60.0 Å². The van der Waals surface area contributed by atoms with Gasteiger partial charge in [0.25, 0.3) is 0 Å². The van der Waals surface area contributed by atoms with Crippen LogP contribution in [0.5, 0.6) is 0 Å². The summed E-state index contributed by atoms with van der Waals surface area (Å²) in [4.78, 5) is 17.0. The van der Waals surface area contributed by atoms with Crippen LogP contribution in [0.2, 0.25) is 5.02 Å². The molecule has 0 fully saturated rings. The first-order chi connectivity index (χ1) is 18.7. The highest BCUT2D eigenvalue weighted by molar-refractivity contribution is 7.90. The Morgan fingerprint density at radius 2 is 1.70 bits per heavy atom. The van der Waals surface area contributed by atoms with Crippen LogP contribution in [0, 0.1) is 6.92 Å². The van der Waals surface area contributed by atoms with Crippen LogP contribution < -0.4 is 16.6 Å². The smallest absolute Gasteiger partial charge is 0.403 e. The van der Waals surface area contributed by atoms with Gasteiger partial charge in [-0.25, -0.2) is 19.2 Å². The molecule has 0 radical (unpaired) electrons. The zero-order valence-corrected chi connectivity index (χ0v) is 22.7. The highest BCUT2D eigenvalue weighted by Crippen LogP contribution is 2.35. The van der Waals surface area contributed by atoms with Crippen molar-refractivity contribution < 1.29 is 26.4 Å². The van der Waals surface area contributed by atoms with Crippen LogP contribution >= 0.6 is 11.6 Å². The maximum absolute atomic E-state index is 13.4. The largest absolute Gasteiger partial charge is 0.434 e. The maximum atomic E-state index is 13.4. The number of nitrogens with zero attached hydrogens (tertiary/aromatic N) is 3. The Kier molecular flexibility index (Phi) is 7.79. The molecule has 0 unspecified atom stereocenters. The molecule has 208 valence electrons. The molecule has 40 heavy (non-hydrogen) atoms. The quantitative estimate of drug-likeness (QED) is 0.130. The van der Waals surface area contributed by atoms with Crippen molar-refractivity contribution in [3.8, 4) is 16.8 Å². The topological polar surface area (TPSA) is 124 Å². The SMILES string of the molecule is Cc1nc(C(F)(F)F)cn1-c1ccc(-c2cccc(S(C)(=O)=O)c2)cc1N(N)/C(=C\N)C(=O)c1ccc(Cl)cc1. The number of carbonyl (C=O) groups is 1. The van der Waals surface area contributed by atoms with Crippen molar-refractivity contribution in [2.75, 3.05) is 11.3 Å². The number of alkyl halides is 3. The number of aromatic nitrogens is 2. The number of hydrogen-bond acceptors (Lipinski definition) is 7. The summed E-state index contributed by atoms with van der Waals surface area (Å²) < 4.78 is 65.7. The lowest BCUT2D eigenvalue weighted by atomic mass is 10.0. The number of hydrogen-bond donors (Lipinski definition) is 2. The molecule has 4 N–H and O–H groups in total. The van der Waals surface area contributed by atoms with Gasteiger partial charge in [-0.05, 0) is 66.6 Å². The lowest BCUT2D eigenvalue weighted by Crippen LogP contribution is -2.35. The van der Waals surface area contributed by atoms with Gasteiger partial charge in [0.05, 0.1) is 16.3 Å². The van der Waals surface area contributed by atoms with E-state index in [0.29, 0.717) is 16.1 Å². The van der Waals surface area contributed by atoms with E-state index in [1.54, 1.807) is 18.2 Å². The van der Waals surface area contributed by atoms with Gasteiger partial charge in [0.2, 0.25) is 5.78 Å². The number of allylic oxidation sites excluding steroid dienone is 1. The van der Waals surface area contributed by atoms with E-state index in [1.807, 2.05) is 0 Å². The van der Waals surface area contributed by atoms with Crippen LogP contribution in [0.3, 0.4) is 0 Å². The predicted molar refractivity (Wildman–Crippen MR) is 147 cm³/mol. The van der Waals surface area contributed by atoms with Gasteiger partial charge in [0.15, 0.2) is 15.5 Å². The Bertz CT molecular complexity index is 1730. The van der Waals surface area contributed by atoms with Gasteiger partial charge in [-0.1, -0.05) is 29.8 Å². The summed E-state index contributed by atoms with van der Waals surface area (Å²) >= 11 is 5.93. The molecule has 8 nitrogen and oxygen atoms in total. The summed E-state index contributed by atoms with van der Waals surface area (Å²) in [6.45, 7) is 1.39. The fourth-order valence-electron chi connectivity index (χ4n) is 4.00. The average Bonchev–Trinajstić information content (AvgIpc) is 3.30. The fraction of sp³-hybridized carbons (Fsp3) is 0.111. The molecule has 1 heterocycles. The third-order valence-electron chi connectivity index (χ3n) is 6.02. The summed E-state index contributed by atoms with van der Waals surface area (Å²) in [6, 6.07) is 16.7. The first-order valence-electron chi connectivity index (χ1n) is 11.6. The second-order valence-electron chi connectivity index (χ2n) is 8.80. The molecule has 0 aliphatic heterocycles. The Morgan fingerprint density at radius 1 is 1.05 bits per heavy atom. The second-order valence-corrected chi connectivity index (χ2v) is 11.3. The first kappa shape index (κ1) is 28.9. The van der Waals surface area contributed by atoms with Crippen molar-refractivity contribution in [1.29, 1.82) is 0 Å². The monoisotopic (exact) mass is 589 g/mol. The molecule has 0 saturated carbocycles. The Morgan fingerprint density at radius 3 is 2.27 bits per heavy atom. The number of imidazole rings is 1. The molecule has 0 bridgehead atoms. The van der Waals surface area contributed by atoms with E-state index >= 15 is 0 Å². The summed E-state index contributed by atoms with van der Waals surface area (Å²) in [5, 5.41) is 1.37. The van der Waals surface area contributed by atoms with Crippen LogP contribution in [-0.4, -0.2) is 30.0 Å². The highest BCUT2D eigenvalue weighted by Gasteiger charge is 2.35. The second kappa shape index (κ2) is 10.8. The standard InChI is InChI=1S/C27H23ClF3N5O3S/c1-16-34-25(27(29,30)31)15-35(16)22-11-8-19(18-4-3-5-21(12-18)40(2,38)39)13-23(22)36(33)24(14-32)26(37)17-6-9-20(28)10-7-17/h3-15H,32-33H2,1-2H3/b24-14-. The minimum atomic E-state index is -4.70. The molecule has 0 saturated heterocycles. The number of anilines is 1. The molecule has 0 amide bonds. The molecule has 0 spiro atoms. The normalized spacial score (nSPS) is 12.4. The third kappa shape index (κ3) is 5.88. The van der Waals surface area contributed by atoms with Crippen LogP contribution in [0.4, 0.5) is 18.9 Å². The number of Topliss-reactive ketones (excluding diaryl/α,β-unsaturated/α-hetero) is 1. The van der Waals surface area contributed by atoms with Crippen LogP contribution in [-0.2, 0) is 16.0 Å². The van der Waals surface area contributed by atoms with Crippen molar-refractivity contribution in [3.63, 3.8) is 0 Å². The number of benzene rings is 3. The van der Waals surface area contributed by atoms with Gasteiger partial charge >= 0.3 is 6.18 Å². The Hall–Kier alpha value is -4.13. The molecule has 0 aliphatic rings. The number of carbonyl (C=O) groups excluding carboxylic acids is 1. The highest BCUT2D eigenvalue weighted by atomic mass is 35.5. The Labute approximate surface area is 233 Å². The van der Waals surface area contributed by atoms with E-state index in [4.69, 9.17) is 23.2 Å². The van der Waals surface area contributed by atoms with Crippen molar-refractivity contribution in [1.82, 2.24) is 9.55 Å². The van der Waals surface area contributed by atoms with Gasteiger partial charge in [0.1, 0.15) is 11.5 Å². The van der Waals surface area contributed by atoms with E-state index in [2.05, 4.69) is 4.98 Å². The molecular formula is C27H23ClF3N5O3S. The van der Waals surface area contributed by atoms with Crippen LogP contribution in [0.25, 0.3) is 16.8 Å². The minimum absolute atomic E-state index is 0.0103. The van der Waals surface area contributed by atoms with Crippen molar-refractivity contribution in [2.45, 2.75) is 18.0 Å². The third-order valence-corrected chi connectivity index (χ3v) is 7.38. The van der Waals surface area contributed by atoms with Crippen molar-refractivity contribution in [3.05, 3.63) is 107 Å².